The monoisotopic (exact) mass is 449 g/mol. The number of carbonyl (C=O) groups is 1. The van der Waals surface area contributed by atoms with Gasteiger partial charge in [0.2, 0.25) is 0 Å². The summed E-state index contributed by atoms with van der Waals surface area (Å²) in [6.45, 7) is 4.24. The minimum absolute atomic E-state index is 0.000489. The Kier molecular flexibility index (Phi) is 7.77. The first kappa shape index (κ1) is 23.6. The van der Waals surface area contributed by atoms with Gasteiger partial charge in [0.15, 0.2) is 0 Å². The first-order valence-corrected chi connectivity index (χ1v) is 10.7. The summed E-state index contributed by atoms with van der Waals surface area (Å²) >= 11 is 0. The molecule has 0 saturated carbocycles. The molecule has 0 unspecified atom stereocenters. The standard InChI is InChI=1S/C24H26F3NO4/c1-3-4-14-30-20-15-18(19-12-8-9-13-28-19)22(32-24(25,26)27)16(2)21(20)23(29)31-17-10-6-5-7-11-17/h5-7,10-11,15H,3-4,8-9,12-14H2,1-2H3. The van der Waals surface area contributed by atoms with Gasteiger partial charge in [-0.3, -0.25) is 4.99 Å². The molecular formula is C24H26F3NO4. The average Bonchev–Trinajstić information content (AvgIpc) is 2.76. The number of esters is 1. The molecule has 172 valence electrons. The van der Waals surface area contributed by atoms with Crippen molar-refractivity contribution in [1.82, 2.24) is 0 Å². The normalized spacial score (nSPS) is 14.0. The highest BCUT2D eigenvalue weighted by molar-refractivity contribution is 6.06. The minimum Gasteiger partial charge on any atom is -0.493 e. The highest BCUT2D eigenvalue weighted by Gasteiger charge is 2.36. The fourth-order valence-electron chi connectivity index (χ4n) is 3.49. The zero-order valence-electron chi connectivity index (χ0n) is 18.1. The number of nitrogens with zero attached hydrogens (tertiary/aromatic N) is 1. The maximum Gasteiger partial charge on any atom is 0.573 e. The van der Waals surface area contributed by atoms with E-state index in [1.807, 2.05) is 6.92 Å². The first-order valence-electron chi connectivity index (χ1n) is 10.7. The Balaban J connectivity index is 2.12. The lowest BCUT2D eigenvalue weighted by Crippen LogP contribution is -2.23. The molecule has 8 heteroatoms. The number of aliphatic imine (C=N–C) groups is 1. The van der Waals surface area contributed by atoms with E-state index in [9.17, 15) is 18.0 Å². The van der Waals surface area contributed by atoms with E-state index in [4.69, 9.17) is 9.47 Å². The third kappa shape index (κ3) is 6.02. The van der Waals surface area contributed by atoms with Crippen molar-refractivity contribution in [3.05, 3.63) is 53.1 Å². The summed E-state index contributed by atoms with van der Waals surface area (Å²) in [5.41, 5.74) is 0.620. The molecular weight excluding hydrogens is 423 g/mol. The number of hydrogen-bond acceptors (Lipinski definition) is 5. The second kappa shape index (κ2) is 10.5. The summed E-state index contributed by atoms with van der Waals surface area (Å²) in [6.07, 6.45) is -1.14. The highest BCUT2D eigenvalue weighted by atomic mass is 19.4. The molecule has 0 saturated heterocycles. The molecule has 0 bridgehead atoms. The van der Waals surface area contributed by atoms with Crippen molar-refractivity contribution in [3.63, 3.8) is 0 Å². The Hall–Kier alpha value is -3.03. The van der Waals surface area contributed by atoms with E-state index < -0.39 is 18.1 Å². The third-order valence-corrected chi connectivity index (χ3v) is 5.05. The summed E-state index contributed by atoms with van der Waals surface area (Å²) in [4.78, 5) is 17.4. The van der Waals surface area contributed by atoms with Crippen molar-refractivity contribution in [2.45, 2.75) is 52.3 Å². The lowest BCUT2D eigenvalue weighted by molar-refractivity contribution is -0.274. The van der Waals surface area contributed by atoms with E-state index >= 15 is 0 Å². The van der Waals surface area contributed by atoms with Gasteiger partial charge < -0.3 is 14.2 Å². The molecule has 0 fully saturated rings. The zero-order chi connectivity index (χ0) is 23.1. The Labute approximate surface area is 185 Å². The fraction of sp³-hybridized carbons (Fsp3) is 0.417. The van der Waals surface area contributed by atoms with Crippen LogP contribution in [0.25, 0.3) is 0 Å². The number of carbonyl (C=O) groups excluding carboxylic acids is 1. The van der Waals surface area contributed by atoms with E-state index in [0.29, 0.717) is 25.3 Å². The molecule has 2 aromatic carbocycles. The van der Waals surface area contributed by atoms with E-state index in [1.165, 1.54) is 13.0 Å². The van der Waals surface area contributed by atoms with Crippen LogP contribution < -0.4 is 14.2 Å². The van der Waals surface area contributed by atoms with Gasteiger partial charge in [-0.1, -0.05) is 31.5 Å². The smallest absolute Gasteiger partial charge is 0.493 e. The highest BCUT2D eigenvalue weighted by Crippen LogP contribution is 2.39. The van der Waals surface area contributed by atoms with Gasteiger partial charge in [0, 0.05) is 23.4 Å². The molecule has 1 aliphatic heterocycles. The molecule has 1 aliphatic rings. The number of alkyl halides is 3. The van der Waals surface area contributed by atoms with Crippen LogP contribution in [-0.4, -0.2) is 31.2 Å². The summed E-state index contributed by atoms with van der Waals surface area (Å²) in [7, 11) is 0. The largest absolute Gasteiger partial charge is 0.573 e. The molecule has 3 rings (SSSR count). The third-order valence-electron chi connectivity index (χ3n) is 5.05. The number of rotatable bonds is 8. The summed E-state index contributed by atoms with van der Waals surface area (Å²) < 4.78 is 55.5. The van der Waals surface area contributed by atoms with E-state index in [-0.39, 0.29) is 28.2 Å². The van der Waals surface area contributed by atoms with E-state index in [1.54, 1.807) is 30.3 Å². The maximum atomic E-state index is 13.3. The maximum absolute atomic E-state index is 13.3. The lowest BCUT2D eigenvalue weighted by Gasteiger charge is -2.22. The predicted octanol–water partition coefficient (Wildman–Crippen LogP) is 6.26. The number of benzene rings is 2. The Morgan fingerprint density at radius 3 is 2.53 bits per heavy atom. The molecule has 32 heavy (non-hydrogen) atoms. The number of halogens is 3. The van der Waals surface area contributed by atoms with Crippen LogP contribution in [0.3, 0.4) is 0 Å². The van der Waals surface area contributed by atoms with Crippen LogP contribution in [0.1, 0.15) is 60.5 Å². The van der Waals surface area contributed by atoms with Crippen molar-refractivity contribution in [2.75, 3.05) is 13.2 Å². The van der Waals surface area contributed by atoms with Gasteiger partial charge in [-0.2, -0.15) is 0 Å². The quantitative estimate of drug-likeness (QED) is 0.271. The van der Waals surface area contributed by atoms with Gasteiger partial charge in [-0.15, -0.1) is 13.2 Å². The average molecular weight is 449 g/mol. The van der Waals surface area contributed by atoms with Gasteiger partial charge in [-0.25, -0.2) is 4.79 Å². The van der Waals surface area contributed by atoms with Crippen LogP contribution in [0.2, 0.25) is 0 Å². The van der Waals surface area contributed by atoms with Gasteiger partial charge >= 0.3 is 12.3 Å². The second-order valence-electron chi connectivity index (χ2n) is 7.49. The van der Waals surface area contributed by atoms with Crippen molar-refractivity contribution in [1.29, 1.82) is 0 Å². The van der Waals surface area contributed by atoms with E-state index in [0.717, 1.165) is 25.7 Å². The molecule has 0 radical (unpaired) electrons. The van der Waals surface area contributed by atoms with Crippen molar-refractivity contribution in [2.24, 2.45) is 4.99 Å². The van der Waals surface area contributed by atoms with Crippen molar-refractivity contribution in [3.8, 4) is 17.2 Å². The molecule has 0 amide bonds. The molecule has 0 aliphatic carbocycles. The molecule has 0 N–H and O–H groups in total. The Morgan fingerprint density at radius 2 is 1.91 bits per heavy atom. The van der Waals surface area contributed by atoms with Crippen LogP contribution in [0.15, 0.2) is 41.4 Å². The molecule has 0 aromatic heterocycles. The predicted molar refractivity (Wildman–Crippen MR) is 115 cm³/mol. The fourth-order valence-corrected chi connectivity index (χ4v) is 3.49. The molecule has 0 spiro atoms. The summed E-state index contributed by atoms with van der Waals surface area (Å²) in [5.74, 6) is -0.824. The Morgan fingerprint density at radius 1 is 1.16 bits per heavy atom. The zero-order valence-corrected chi connectivity index (χ0v) is 18.1. The summed E-state index contributed by atoms with van der Waals surface area (Å²) in [5, 5.41) is 0. The summed E-state index contributed by atoms with van der Waals surface area (Å²) in [6, 6.07) is 9.74. The number of unbranched alkanes of at least 4 members (excludes halogenated alkanes) is 1. The number of ether oxygens (including phenoxy) is 3. The molecule has 5 nitrogen and oxygen atoms in total. The first-order chi connectivity index (χ1) is 15.3. The van der Waals surface area contributed by atoms with Crippen molar-refractivity contribution < 1.29 is 32.2 Å². The second-order valence-corrected chi connectivity index (χ2v) is 7.49. The Bertz CT molecular complexity index is 971. The van der Waals surface area contributed by atoms with E-state index in [2.05, 4.69) is 9.73 Å². The number of hydrogen-bond donors (Lipinski definition) is 0. The topological polar surface area (TPSA) is 57.1 Å². The molecule has 1 heterocycles. The molecule has 0 atom stereocenters. The van der Waals surface area contributed by atoms with Crippen LogP contribution in [0, 0.1) is 6.92 Å². The van der Waals surface area contributed by atoms with Gasteiger partial charge in [0.05, 0.1) is 6.61 Å². The number of para-hydroxylation sites is 1. The van der Waals surface area contributed by atoms with Gasteiger partial charge in [-0.05, 0) is 50.8 Å². The molecule has 2 aromatic rings. The minimum atomic E-state index is -4.93. The van der Waals surface area contributed by atoms with Crippen LogP contribution in [-0.2, 0) is 0 Å². The van der Waals surface area contributed by atoms with Gasteiger partial charge in [0.25, 0.3) is 0 Å². The van der Waals surface area contributed by atoms with Crippen molar-refractivity contribution >= 4 is 11.7 Å². The van der Waals surface area contributed by atoms with Crippen LogP contribution in [0.4, 0.5) is 13.2 Å². The lowest BCUT2D eigenvalue weighted by atomic mass is 9.95. The van der Waals surface area contributed by atoms with Gasteiger partial charge in [0.1, 0.15) is 22.8 Å². The SMILES string of the molecule is CCCCOc1cc(C2=NCCCC2)c(OC(F)(F)F)c(C)c1C(=O)Oc1ccccc1. The van der Waals surface area contributed by atoms with Crippen LogP contribution >= 0.6 is 0 Å². The van der Waals surface area contributed by atoms with Crippen LogP contribution in [0.5, 0.6) is 17.2 Å².